The van der Waals surface area contributed by atoms with Crippen LogP contribution in [0.1, 0.15) is 55.6 Å². The number of aromatic nitrogens is 2. The molecule has 0 spiro atoms. The molecule has 0 atom stereocenters. The maximum Gasteiger partial charge on any atom is 0.410 e. The minimum absolute atomic E-state index is 0.0479. The standard InChI is InChI=1S/C26H28ClFN4O3/c1-26(2,3)35-25(34)31-14-12-17(13-15-31)23-20(24(33)30-22-7-5-4-6-21(22)28)16-29-32(23)19-10-8-18(27)9-11-19/h4-11,16-17H,12-15H2,1-3H3,(H,30,33). The maximum atomic E-state index is 14.2. The fourth-order valence-corrected chi connectivity index (χ4v) is 4.25. The lowest BCUT2D eigenvalue weighted by atomic mass is 9.90. The van der Waals surface area contributed by atoms with Crippen molar-refractivity contribution < 1.29 is 18.7 Å². The molecule has 1 aliphatic rings. The highest BCUT2D eigenvalue weighted by molar-refractivity contribution is 6.30. The number of rotatable bonds is 4. The summed E-state index contributed by atoms with van der Waals surface area (Å²) in [6.07, 6.45) is 2.40. The van der Waals surface area contributed by atoms with Crippen molar-refractivity contribution in [2.45, 2.75) is 45.1 Å². The SMILES string of the molecule is CC(C)(C)OC(=O)N1CCC(c2c(C(=O)Nc3ccccc3F)cnn2-c2ccc(Cl)cc2)CC1. The van der Waals surface area contributed by atoms with Crippen LogP contribution >= 0.6 is 11.6 Å². The van der Waals surface area contributed by atoms with E-state index in [0.29, 0.717) is 42.2 Å². The molecule has 1 fully saturated rings. The van der Waals surface area contributed by atoms with Crippen molar-refractivity contribution in [2.24, 2.45) is 0 Å². The summed E-state index contributed by atoms with van der Waals surface area (Å²) in [5.74, 6) is -1.01. The highest BCUT2D eigenvalue weighted by atomic mass is 35.5. The zero-order valence-electron chi connectivity index (χ0n) is 19.9. The first-order valence-electron chi connectivity index (χ1n) is 11.5. The summed E-state index contributed by atoms with van der Waals surface area (Å²) in [6, 6.07) is 13.2. The molecule has 0 aliphatic carbocycles. The molecular weight excluding hydrogens is 471 g/mol. The topological polar surface area (TPSA) is 76.5 Å². The molecule has 2 amide bonds. The number of carbonyl (C=O) groups is 2. The van der Waals surface area contributed by atoms with Gasteiger partial charge in [0.25, 0.3) is 5.91 Å². The number of hydrogen-bond donors (Lipinski definition) is 1. The van der Waals surface area contributed by atoms with Crippen LogP contribution in [-0.2, 0) is 4.74 Å². The Hall–Kier alpha value is -3.39. The van der Waals surface area contributed by atoms with E-state index >= 15 is 0 Å². The highest BCUT2D eigenvalue weighted by Gasteiger charge is 2.32. The first-order valence-corrected chi connectivity index (χ1v) is 11.9. The molecule has 0 radical (unpaired) electrons. The van der Waals surface area contributed by atoms with Crippen molar-refractivity contribution in [2.75, 3.05) is 18.4 Å². The molecule has 4 rings (SSSR count). The molecule has 2 heterocycles. The van der Waals surface area contributed by atoms with Crippen LogP contribution in [0.5, 0.6) is 0 Å². The first kappa shape index (κ1) is 24.7. The molecule has 184 valence electrons. The van der Waals surface area contributed by atoms with E-state index in [9.17, 15) is 14.0 Å². The van der Waals surface area contributed by atoms with E-state index in [1.165, 1.54) is 18.3 Å². The van der Waals surface area contributed by atoms with E-state index in [4.69, 9.17) is 16.3 Å². The molecule has 0 saturated carbocycles. The number of carbonyl (C=O) groups excluding carboxylic acids is 2. The van der Waals surface area contributed by atoms with Gasteiger partial charge in [-0.3, -0.25) is 4.79 Å². The zero-order valence-corrected chi connectivity index (χ0v) is 20.7. The maximum absolute atomic E-state index is 14.2. The second-order valence-electron chi connectivity index (χ2n) is 9.51. The second-order valence-corrected chi connectivity index (χ2v) is 9.94. The number of anilines is 1. The number of piperidine rings is 1. The van der Waals surface area contributed by atoms with Crippen LogP contribution in [0.15, 0.2) is 54.7 Å². The quantitative estimate of drug-likeness (QED) is 0.476. The predicted octanol–water partition coefficient (Wildman–Crippen LogP) is 6.03. The van der Waals surface area contributed by atoms with Crippen LogP contribution in [0.2, 0.25) is 5.02 Å². The van der Waals surface area contributed by atoms with Gasteiger partial charge in [-0.05, 0) is 70.0 Å². The lowest BCUT2D eigenvalue weighted by Gasteiger charge is -2.34. The number of amides is 2. The van der Waals surface area contributed by atoms with E-state index in [1.54, 1.807) is 33.8 Å². The van der Waals surface area contributed by atoms with Gasteiger partial charge in [-0.25, -0.2) is 13.9 Å². The Balaban J connectivity index is 1.62. The van der Waals surface area contributed by atoms with Gasteiger partial charge in [0.15, 0.2) is 0 Å². The smallest absolute Gasteiger partial charge is 0.410 e. The summed E-state index contributed by atoms with van der Waals surface area (Å²) in [5.41, 5.74) is 1.36. The summed E-state index contributed by atoms with van der Waals surface area (Å²) in [5, 5.41) is 7.74. The Morgan fingerprint density at radius 2 is 1.74 bits per heavy atom. The lowest BCUT2D eigenvalue weighted by Crippen LogP contribution is -2.41. The molecule has 2 aromatic carbocycles. The average Bonchev–Trinajstić information content (AvgIpc) is 3.25. The summed E-state index contributed by atoms with van der Waals surface area (Å²) in [7, 11) is 0. The third-order valence-corrected chi connectivity index (χ3v) is 6.03. The van der Waals surface area contributed by atoms with Gasteiger partial charge in [0.05, 0.1) is 28.8 Å². The molecule has 3 aromatic rings. The van der Waals surface area contributed by atoms with Crippen molar-refractivity contribution >= 4 is 29.3 Å². The summed E-state index contributed by atoms with van der Waals surface area (Å²) < 4.78 is 21.4. The average molecular weight is 499 g/mol. The molecule has 1 aliphatic heterocycles. The number of nitrogens with zero attached hydrogens (tertiary/aromatic N) is 3. The van der Waals surface area contributed by atoms with Gasteiger partial charge in [0.1, 0.15) is 11.4 Å². The number of para-hydroxylation sites is 1. The van der Waals surface area contributed by atoms with Gasteiger partial charge >= 0.3 is 6.09 Å². The van der Waals surface area contributed by atoms with Gasteiger partial charge in [-0.15, -0.1) is 0 Å². The largest absolute Gasteiger partial charge is 0.444 e. The molecular formula is C26H28ClFN4O3. The van der Waals surface area contributed by atoms with Gasteiger partial charge in [0, 0.05) is 24.0 Å². The van der Waals surface area contributed by atoms with Crippen molar-refractivity contribution in [3.05, 3.63) is 76.8 Å². The van der Waals surface area contributed by atoms with E-state index in [0.717, 1.165) is 5.69 Å². The minimum atomic E-state index is -0.570. The Bertz CT molecular complexity index is 1210. The van der Waals surface area contributed by atoms with E-state index < -0.39 is 17.3 Å². The number of benzene rings is 2. The fourth-order valence-electron chi connectivity index (χ4n) is 4.13. The first-order chi connectivity index (χ1) is 16.6. The molecule has 0 bridgehead atoms. The van der Waals surface area contributed by atoms with Crippen LogP contribution in [0.3, 0.4) is 0 Å². The normalized spacial score (nSPS) is 14.6. The number of likely N-dealkylation sites (tertiary alicyclic amines) is 1. The number of ether oxygens (including phenoxy) is 1. The number of hydrogen-bond acceptors (Lipinski definition) is 4. The van der Waals surface area contributed by atoms with Crippen LogP contribution in [0.25, 0.3) is 5.69 Å². The van der Waals surface area contributed by atoms with E-state index in [1.807, 2.05) is 32.9 Å². The molecule has 0 unspecified atom stereocenters. The Labute approximate surface area is 208 Å². The van der Waals surface area contributed by atoms with Crippen LogP contribution < -0.4 is 5.32 Å². The Morgan fingerprint density at radius 1 is 1.09 bits per heavy atom. The molecule has 1 N–H and O–H groups in total. The summed E-state index contributed by atoms with van der Waals surface area (Å²) in [4.78, 5) is 27.4. The van der Waals surface area contributed by atoms with Gasteiger partial charge < -0.3 is 15.0 Å². The monoisotopic (exact) mass is 498 g/mol. The summed E-state index contributed by atoms with van der Waals surface area (Å²) >= 11 is 6.06. The summed E-state index contributed by atoms with van der Waals surface area (Å²) in [6.45, 7) is 6.48. The van der Waals surface area contributed by atoms with Crippen LogP contribution in [-0.4, -0.2) is 45.4 Å². The fraction of sp³-hybridized carbons (Fsp3) is 0.346. The Morgan fingerprint density at radius 3 is 2.37 bits per heavy atom. The highest BCUT2D eigenvalue weighted by Crippen LogP contribution is 2.33. The second kappa shape index (κ2) is 10.1. The van der Waals surface area contributed by atoms with Crippen molar-refractivity contribution in [3.63, 3.8) is 0 Å². The minimum Gasteiger partial charge on any atom is -0.444 e. The predicted molar refractivity (Wildman–Crippen MR) is 133 cm³/mol. The van der Waals surface area contributed by atoms with Crippen molar-refractivity contribution in [3.8, 4) is 5.69 Å². The van der Waals surface area contributed by atoms with Gasteiger partial charge in [-0.1, -0.05) is 23.7 Å². The van der Waals surface area contributed by atoms with E-state index in [-0.39, 0.29) is 17.7 Å². The lowest BCUT2D eigenvalue weighted by molar-refractivity contribution is 0.0203. The van der Waals surface area contributed by atoms with Crippen LogP contribution in [0.4, 0.5) is 14.9 Å². The van der Waals surface area contributed by atoms with Crippen molar-refractivity contribution in [1.82, 2.24) is 14.7 Å². The number of halogens is 2. The third kappa shape index (κ3) is 5.82. The zero-order chi connectivity index (χ0) is 25.2. The van der Waals surface area contributed by atoms with Crippen molar-refractivity contribution in [1.29, 1.82) is 0 Å². The van der Waals surface area contributed by atoms with E-state index in [2.05, 4.69) is 10.4 Å². The molecule has 7 nitrogen and oxygen atoms in total. The van der Waals surface area contributed by atoms with Crippen LogP contribution in [0, 0.1) is 5.82 Å². The van der Waals surface area contributed by atoms with Gasteiger partial charge in [-0.2, -0.15) is 5.10 Å². The molecule has 1 saturated heterocycles. The molecule has 35 heavy (non-hydrogen) atoms. The Kier molecular flexibility index (Phi) is 7.12. The molecule has 1 aromatic heterocycles. The number of nitrogens with one attached hydrogen (secondary N) is 1. The van der Waals surface area contributed by atoms with Gasteiger partial charge in [0.2, 0.25) is 0 Å². The molecule has 9 heteroatoms. The third-order valence-electron chi connectivity index (χ3n) is 5.78.